The van der Waals surface area contributed by atoms with Gasteiger partial charge in [0, 0.05) is 32.1 Å². The number of carbonyl (C=O) groups is 3. The molecule has 0 spiro atoms. The van der Waals surface area contributed by atoms with Crippen LogP contribution in [0.1, 0.15) is 42.2 Å². The van der Waals surface area contributed by atoms with Gasteiger partial charge in [-0.15, -0.1) is 0 Å². The molecule has 0 aromatic carbocycles. The van der Waals surface area contributed by atoms with Gasteiger partial charge in [0.1, 0.15) is 0 Å². The number of piperidine rings is 1. The number of urea groups is 1. The molecule has 3 heterocycles. The highest BCUT2D eigenvalue weighted by molar-refractivity contribution is 5.88. The lowest BCUT2D eigenvalue weighted by Gasteiger charge is -2.33. The monoisotopic (exact) mass is 350 g/mol. The first kappa shape index (κ1) is 17.2. The van der Waals surface area contributed by atoms with Gasteiger partial charge in [-0.2, -0.15) is 4.98 Å². The van der Waals surface area contributed by atoms with E-state index in [2.05, 4.69) is 15.5 Å². The van der Waals surface area contributed by atoms with E-state index in [1.807, 2.05) is 4.90 Å². The highest BCUT2D eigenvalue weighted by Crippen LogP contribution is 2.22. The summed E-state index contributed by atoms with van der Waals surface area (Å²) in [5, 5.41) is 6.07. The van der Waals surface area contributed by atoms with Gasteiger partial charge in [0.15, 0.2) is 0 Å². The Kier molecular flexibility index (Phi) is 5.15. The molecule has 0 bridgehead atoms. The molecule has 3 N–H and O–H groups in total. The summed E-state index contributed by atoms with van der Waals surface area (Å²) in [4.78, 5) is 42.8. The molecule has 10 nitrogen and oxygen atoms in total. The standard InChI is InChI=1S/C15H22N6O4/c16-12(22)13-18-11(25-19-13)9-17-15(24)21-7-3-10(4-8-21)14(23)20-5-1-2-6-20/h10H,1-9H2,(H2,16,22)(H,17,24). The van der Waals surface area contributed by atoms with E-state index >= 15 is 0 Å². The molecule has 136 valence electrons. The summed E-state index contributed by atoms with van der Waals surface area (Å²) in [6.45, 7) is 2.80. The van der Waals surface area contributed by atoms with Gasteiger partial charge in [-0.05, 0) is 25.7 Å². The van der Waals surface area contributed by atoms with E-state index in [1.54, 1.807) is 4.90 Å². The van der Waals surface area contributed by atoms with Crippen molar-refractivity contribution in [3.63, 3.8) is 0 Å². The summed E-state index contributed by atoms with van der Waals surface area (Å²) in [6, 6.07) is -0.258. The Morgan fingerprint density at radius 2 is 1.80 bits per heavy atom. The second-order valence-corrected chi connectivity index (χ2v) is 6.33. The third-order valence-electron chi connectivity index (χ3n) is 4.63. The number of primary amides is 1. The maximum atomic E-state index is 12.4. The Balaban J connectivity index is 1.43. The molecule has 0 saturated carbocycles. The lowest BCUT2D eigenvalue weighted by molar-refractivity contribution is -0.135. The summed E-state index contributed by atoms with van der Waals surface area (Å²) in [6.07, 6.45) is 3.52. The average Bonchev–Trinajstić information content (AvgIpc) is 3.31. The predicted octanol–water partition coefficient (Wildman–Crippen LogP) is -0.288. The Hall–Kier alpha value is -2.65. The molecule has 0 radical (unpaired) electrons. The number of hydrogen-bond donors (Lipinski definition) is 2. The number of rotatable bonds is 4. The van der Waals surface area contributed by atoms with Crippen LogP contribution in [0.25, 0.3) is 0 Å². The SMILES string of the molecule is NC(=O)c1noc(CNC(=O)N2CCC(C(=O)N3CCCC3)CC2)n1. The first-order chi connectivity index (χ1) is 12.0. The van der Waals surface area contributed by atoms with Gasteiger partial charge in [-0.1, -0.05) is 5.16 Å². The lowest BCUT2D eigenvalue weighted by Crippen LogP contribution is -2.47. The van der Waals surface area contributed by atoms with Gasteiger partial charge in [0.2, 0.25) is 11.8 Å². The second-order valence-electron chi connectivity index (χ2n) is 6.33. The Labute approximate surface area is 144 Å². The maximum Gasteiger partial charge on any atom is 0.317 e. The summed E-state index contributed by atoms with van der Waals surface area (Å²) in [5.41, 5.74) is 5.03. The normalized spacial score (nSPS) is 18.4. The van der Waals surface area contributed by atoms with Crippen molar-refractivity contribution >= 4 is 17.8 Å². The van der Waals surface area contributed by atoms with Crippen LogP contribution in [0.2, 0.25) is 0 Å². The molecule has 2 saturated heterocycles. The first-order valence-electron chi connectivity index (χ1n) is 8.48. The van der Waals surface area contributed by atoms with Crippen LogP contribution in [0.3, 0.4) is 0 Å². The van der Waals surface area contributed by atoms with Gasteiger partial charge in [0.05, 0.1) is 6.54 Å². The zero-order chi connectivity index (χ0) is 17.8. The van der Waals surface area contributed by atoms with Gasteiger partial charge in [0.25, 0.3) is 11.7 Å². The Morgan fingerprint density at radius 3 is 2.40 bits per heavy atom. The van der Waals surface area contributed by atoms with Gasteiger partial charge in [-0.25, -0.2) is 4.79 Å². The van der Waals surface area contributed by atoms with Crippen molar-refractivity contribution in [1.82, 2.24) is 25.3 Å². The molecule has 0 atom stereocenters. The summed E-state index contributed by atoms with van der Waals surface area (Å²) in [7, 11) is 0. The van der Waals surface area contributed by atoms with Crippen molar-refractivity contribution in [3.8, 4) is 0 Å². The fraction of sp³-hybridized carbons (Fsp3) is 0.667. The molecule has 10 heteroatoms. The van der Waals surface area contributed by atoms with E-state index in [0.717, 1.165) is 25.9 Å². The van der Waals surface area contributed by atoms with E-state index in [-0.39, 0.29) is 36.1 Å². The third-order valence-corrected chi connectivity index (χ3v) is 4.63. The second kappa shape index (κ2) is 7.49. The van der Waals surface area contributed by atoms with Gasteiger partial charge in [-0.3, -0.25) is 9.59 Å². The number of likely N-dealkylation sites (tertiary alicyclic amines) is 2. The Bertz CT molecular complexity index is 646. The van der Waals surface area contributed by atoms with Crippen molar-refractivity contribution < 1.29 is 18.9 Å². The molecule has 25 heavy (non-hydrogen) atoms. The summed E-state index contributed by atoms with van der Waals surface area (Å²) >= 11 is 0. The molecule has 0 aliphatic carbocycles. The van der Waals surface area contributed by atoms with Crippen molar-refractivity contribution in [2.75, 3.05) is 26.2 Å². The third kappa shape index (κ3) is 4.06. The number of carbonyl (C=O) groups excluding carboxylic acids is 3. The van der Waals surface area contributed by atoms with Crippen molar-refractivity contribution in [2.45, 2.75) is 32.2 Å². The van der Waals surface area contributed by atoms with Gasteiger partial charge < -0.3 is 25.4 Å². The van der Waals surface area contributed by atoms with Crippen LogP contribution in [0.5, 0.6) is 0 Å². The minimum absolute atomic E-state index is 0.0104. The van der Waals surface area contributed by atoms with E-state index in [1.165, 1.54) is 0 Å². The van der Waals surface area contributed by atoms with E-state index in [0.29, 0.717) is 25.9 Å². The van der Waals surface area contributed by atoms with Crippen LogP contribution in [0.15, 0.2) is 4.52 Å². The number of nitrogens with zero attached hydrogens (tertiary/aromatic N) is 4. The van der Waals surface area contributed by atoms with Crippen LogP contribution in [-0.2, 0) is 11.3 Å². The minimum atomic E-state index is -0.786. The molecule has 2 aliphatic heterocycles. The maximum absolute atomic E-state index is 12.4. The molecule has 3 rings (SSSR count). The highest BCUT2D eigenvalue weighted by atomic mass is 16.5. The fourth-order valence-electron chi connectivity index (χ4n) is 3.22. The number of nitrogens with two attached hydrogens (primary N) is 1. The van der Waals surface area contributed by atoms with Crippen LogP contribution in [0.4, 0.5) is 4.79 Å². The first-order valence-corrected chi connectivity index (χ1v) is 8.48. The zero-order valence-corrected chi connectivity index (χ0v) is 13.9. The van der Waals surface area contributed by atoms with Crippen molar-refractivity contribution in [2.24, 2.45) is 11.7 Å². The Morgan fingerprint density at radius 1 is 1.12 bits per heavy atom. The fourth-order valence-corrected chi connectivity index (χ4v) is 3.22. The molecular formula is C15H22N6O4. The van der Waals surface area contributed by atoms with Gasteiger partial charge >= 0.3 is 6.03 Å². The van der Waals surface area contributed by atoms with Crippen LogP contribution < -0.4 is 11.1 Å². The molecule has 2 fully saturated rings. The molecule has 2 aliphatic rings. The average molecular weight is 350 g/mol. The lowest BCUT2D eigenvalue weighted by atomic mass is 9.95. The summed E-state index contributed by atoms with van der Waals surface area (Å²) in [5.74, 6) is -0.656. The predicted molar refractivity (Wildman–Crippen MR) is 85.2 cm³/mol. The number of hydrogen-bond acceptors (Lipinski definition) is 6. The molecule has 0 unspecified atom stereocenters. The largest absolute Gasteiger partial charge is 0.363 e. The van der Waals surface area contributed by atoms with Crippen LogP contribution in [-0.4, -0.2) is 64.0 Å². The molecular weight excluding hydrogens is 328 g/mol. The number of amides is 4. The van der Waals surface area contributed by atoms with E-state index in [4.69, 9.17) is 10.3 Å². The van der Waals surface area contributed by atoms with Crippen molar-refractivity contribution in [3.05, 3.63) is 11.7 Å². The highest BCUT2D eigenvalue weighted by Gasteiger charge is 2.31. The van der Waals surface area contributed by atoms with Crippen LogP contribution in [0, 0.1) is 5.92 Å². The quantitative estimate of drug-likeness (QED) is 0.766. The topological polar surface area (TPSA) is 135 Å². The summed E-state index contributed by atoms with van der Waals surface area (Å²) < 4.78 is 4.82. The molecule has 4 amide bonds. The molecule has 1 aromatic rings. The zero-order valence-electron chi connectivity index (χ0n) is 13.9. The number of aromatic nitrogens is 2. The van der Waals surface area contributed by atoms with E-state index in [9.17, 15) is 14.4 Å². The number of nitrogens with one attached hydrogen (secondary N) is 1. The van der Waals surface area contributed by atoms with E-state index < -0.39 is 5.91 Å². The minimum Gasteiger partial charge on any atom is -0.363 e. The van der Waals surface area contributed by atoms with Crippen LogP contribution >= 0.6 is 0 Å². The smallest absolute Gasteiger partial charge is 0.317 e. The molecule has 1 aromatic heterocycles. The van der Waals surface area contributed by atoms with Crippen molar-refractivity contribution in [1.29, 1.82) is 0 Å².